The van der Waals surface area contributed by atoms with E-state index in [1.165, 1.54) is 21.0 Å². The van der Waals surface area contributed by atoms with E-state index in [1.54, 1.807) is 30.5 Å². The number of benzene rings is 2. The highest BCUT2D eigenvalue weighted by Crippen LogP contribution is 2.38. The molecule has 5 rings (SSSR count). The Morgan fingerprint density at radius 1 is 0.917 bits per heavy atom. The molecule has 0 N–H and O–H groups in total. The predicted molar refractivity (Wildman–Crippen MR) is 131 cm³/mol. The molecule has 10 heteroatoms. The summed E-state index contributed by atoms with van der Waals surface area (Å²) < 4.78 is 69.6. The number of aromatic nitrogens is 1. The minimum atomic E-state index is -4.73. The van der Waals surface area contributed by atoms with Gasteiger partial charge in [-0.2, -0.15) is 17.5 Å². The number of alkyl halides is 3. The van der Waals surface area contributed by atoms with Gasteiger partial charge in [0.1, 0.15) is 0 Å². The van der Waals surface area contributed by atoms with Crippen LogP contribution in [0.4, 0.5) is 13.2 Å². The largest absolute Gasteiger partial charge is 0.417 e. The summed E-state index contributed by atoms with van der Waals surface area (Å²) in [5.74, 6) is -0.828. The van der Waals surface area contributed by atoms with Crippen LogP contribution in [0.2, 0.25) is 5.02 Å². The fourth-order valence-electron chi connectivity index (χ4n) is 5.14. The van der Waals surface area contributed by atoms with Crippen molar-refractivity contribution in [1.82, 2.24) is 8.87 Å². The van der Waals surface area contributed by atoms with Crippen molar-refractivity contribution in [3.8, 4) is 11.1 Å². The number of halogens is 4. The van der Waals surface area contributed by atoms with E-state index in [0.29, 0.717) is 42.8 Å². The van der Waals surface area contributed by atoms with Crippen LogP contribution in [0.1, 0.15) is 52.9 Å². The van der Waals surface area contributed by atoms with Gasteiger partial charge >= 0.3 is 6.18 Å². The smallest absolute Gasteiger partial charge is 0.287 e. The maximum atomic E-state index is 13.7. The van der Waals surface area contributed by atoms with Crippen LogP contribution >= 0.6 is 11.6 Å². The zero-order valence-electron chi connectivity index (χ0n) is 19.3. The van der Waals surface area contributed by atoms with E-state index in [2.05, 4.69) is 0 Å². The van der Waals surface area contributed by atoms with E-state index in [9.17, 15) is 26.4 Å². The van der Waals surface area contributed by atoms with Crippen molar-refractivity contribution in [2.45, 2.75) is 49.6 Å². The zero-order chi connectivity index (χ0) is 25.7. The quantitative estimate of drug-likeness (QED) is 0.400. The molecular formula is C26H24ClF3N2O3S. The Kier molecular flexibility index (Phi) is 6.51. The van der Waals surface area contributed by atoms with Gasteiger partial charge in [-0.1, -0.05) is 29.8 Å². The van der Waals surface area contributed by atoms with Crippen LogP contribution in [0.25, 0.3) is 11.1 Å². The van der Waals surface area contributed by atoms with Gasteiger partial charge in [-0.15, -0.1) is 0 Å². The Hall–Kier alpha value is -2.62. The van der Waals surface area contributed by atoms with Gasteiger partial charge in [0.25, 0.3) is 5.91 Å². The summed E-state index contributed by atoms with van der Waals surface area (Å²) in [5.41, 5.74) is 1.33. The van der Waals surface area contributed by atoms with E-state index in [0.717, 1.165) is 37.3 Å². The molecule has 1 saturated heterocycles. The zero-order valence-corrected chi connectivity index (χ0v) is 20.9. The number of hydrogen-bond donors (Lipinski definition) is 0. The molecule has 0 saturated carbocycles. The highest BCUT2D eigenvalue weighted by atomic mass is 35.5. The molecule has 0 unspecified atom stereocenters. The van der Waals surface area contributed by atoms with Crippen LogP contribution in [-0.4, -0.2) is 36.3 Å². The molecule has 0 amide bonds. The number of sulfonamides is 1. The fourth-order valence-corrected chi connectivity index (χ4v) is 6.91. The molecule has 1 aliphatic heterocycles. The molecule has 0 spiro atoms. The monoisotopic (exact) mass is 536 g/mol. The van der Waals surface area contributed by atoms with Crippen molar-refractivity contribution in [3.05, 3.63) is 76.1 Å². The SMILES string of the molecule is O=C(c1c(Cl)cccc1C(F)(F)F)n1cc(-c2ccc(S(=O)(=O)N3CCCC3)cc2)c2c1CCCC2. The van der Waals surface area contributed by atoms with E-state index >= 15 is 0 Å². The van der Waals surface area contributed by atoms with E-state index in [-0.39, 0.29) is 9.92 Å². The third kappa shape index (κ3) is 4.37. The molecule has 0 radical (unpaired) electrons. The normalized spacial score (nSPS) is 16.8. The fraction of sp³-hybridized carbons (Fsp3) is 0.346. The maximum absolute atomic E-state index is 13.7. The summed E-state index contributed by atoms with van der Waals surface area (Å²) in [6.07, 6.45) is 1.43. The molecule has 0 atom stereocenters. The molecule has 36 heavy (non-hydrogen) atoms. The van der Waals surface area contributed by atoms with Crippen LogP contribution in [0.3, 0.4) is 0 Å². The minimum absolute atomic E-state index is 0.198. The Labute approximate surface area is 212 Å². The lowest BCUT2D eigenvalue weighted by Crippen LogP contribution is -2.27. The molecule has 2 aromatic carbocycles. The second-order valence-electron chi connectivity index (χ2n) is 9.15. The average Bonchev–Trinajstić information content (AvgIpc) is 3.52. The van der Waals surface area contributed by atoms with Crippen molar-refractivity contribution in [2.75, 3.05) is 13.1 Å². The minimum Gasteiger partial charge on any atom is -0.287 e. The molecule has 2 aliphatic rings. The number of hydrogen-bond acceptors (Lipinski definition) is 3. The van der Waals surface area contributed by atoms with Gasteiger partial charge < -0.3 is 0 Å². The summed E-state index contributed by atoms with van der Waals surface area (Å²) in [6.45, 7) is 1.01. The first-order chi connectivity index (χ1) is 17.1. The summed E-state index contributed by atoms with van der Waals surface area (Å²) in [5, 5.41) is -0.258. The van der Waals surface area contributed by atoms with Crippen LogP contribution in [-0.2, 0) is 29.0 Å². The maximum Gasteiger partial charge on any atom is 0.417 e. The second kappa shape index (κ2) is 9.36. The van der Waals surface area contributed by atoms with E-state index in [4.69, 9.17) is 11.6 Å². The van der Waals surface area contributed by atoms with Crippen molar-refractivity contribution < 1.29 is 26.4 Å². The van der Waals surface area contributed by atoms with Crippen LogP contribution < -0.4 is 0 Å². The van der Waals surface area contributed by atoms with Crippen molar-refractivity contribution in [2.24, 2.45) is 0 Å². The molecule has 1 aliphatic carbocycles. The van der Waals surface area contributed by atoms with Crippen molar-refractivity contribution in [3.63, 3.8) is 0 Å². The number of nitrogens with zero attached hydrogens (tertiary/aromatic N) is 2. The first kappa shape index (κ1) is 25.0. The molecule has 1 aromatic heterocycles. The lowest BCUT2D eigenvalue weighted by Gasteiger charge is -2.18. The predicted octanol–water partition coefficient (Wildman–Crippen LogP) is 6.18. The Balaban J connectivity index is 1.57. The molecule has 5 nitrogen and oxygen atoms in total. The summed E-state index contributed by atoms with van der Waals surface area (Å²) in [6, 6.07) is 9.80. The second-order valence-corrected chi connectivity index (χ2v) is 11.5. The number of fused-ring (bicyclic) bond motifs is 1. The lowest BCUT2D eigenvalue weighted by molar-refractivity contribution is -0.137. The van der Waals surface area contributed by atoms with Gasteiger partial charge in [0.05, 0.1) is 21.0 Å². The number of rotatable bonds is 4. The van der Waals surface area contributed by atoms with Gasteiger partial charge in [-0.25, -0.2) is 8.42 Å². The topological polar surface area (TPSA) is 59.4 Å². The van der Waals surface area contributed by atoms with Crippen molar-refractivity contribution >= 4 is 27.5 Å². The molecule has 1 fully saturated rings. The summed E-state index contributed by atoms with van der Waals surface area (Å²) in [4.78, 5) is 13.7. The first-order valence-electron chi connectivity index (χ1n) is 11.8. The summed E-state index contributed by atoms with van der Waals surface area (Å²) in [7, 11) is -3.57. The van der Waals surface area contributed by atoms with Gasteiger partial charge in [-0.3, -0.25) is 9.36 Å². The third-order valence-corrected chi connectivity index (χ3v) is 9.16. The first-order valence-corrected chi connectivity index (χ1v) is 13.6. The Bertz CT molecular complexity index is 1420. The van der Waals surface area contributed by atoms with Gasteiger partial charge in [0.15, 0.2) is 0 Å². The molecular weight excluding hydrogens is 513 g/mol. The van der Waals surface area contributed by atoms with Crippen LogP contribution in [0, 0.1) is 0 Å². The molecule has 190 valence electrons. The number of carbonyl (C=O) groups excluding carboxylic acids is 1. The molecule has 3 aromatic rings. The third-order valence-electron chi connectivity index (χ3n) is 6.93. The molecule has 0 bridgehead atoms. The van der Waals surface area contributed by atoms with Gasteiger partial charge in [-0.05, 0) is 73.9 Å². The lowest BCUT2D eigenvalue weighted by atomic mass is 9.92. The standard InChI is InChI=1S/C26H24ClF3N2O3S/c27-22-8-5-7-21(26(28,29)30)24(22)25(33)32-16-20(19-6-1-2-9-23(19)32)17-10-12-18(13-11-17)36(34,35)31-14-3-4-15-31/h5,7-8,10-13,16H,1-4,6,9,14-15H2. The Morgan fingerprint density at radius 3 is 2.25 bits per heavy atom. The highest BCUT2D eigenvalue weighted by Gasteiger charge is 2.37. The summed E-state index contributed by atoms with van der Waals surface area (Å²) >= 11 is 6.11. The van der Waals surface area contributed by atoms with Crippen LogP contribution in [0.5, 0.6) is 0 Å². The van der Waals surface area contributed by atoms with Crippen LogP contribution in [0.15, 0.2) is 53.6 Å². The van der Waals surface area contributed by atoms with E-state index < -0.39 is 33.2 Å². The van der Waals surface area contributed by atoms with Gasteiger partial charge in [0, 0.05) is 30.5 Å². The van der Waals surface area contributed by atoms with Crippen molar-refractivity contribution in [1.29, 1.82) is 0 Å². The highest BCUT2D eigenvalue weighted by molar-refractivity contribution is 7.89. The molecule has 2 heterocycles. The van der Waals surface area contributed by atoms with Gasteiger partial charge in [0.2, 0.25) is 10.0 Å². The average molecular weight is 537 g/mol. The van der Waals surface area contributed by atoms with E-state index in [1.807, 2.05) is 0 Å². The number of carbonyl (C=O) groups is 1. The Morgan fingerprint density at radius 2 is 1.58 bits per heavy atom.